The first-order chi connectivity index (χ1) is 13.8. The van der Waals surface area contributed by atoms with Crippen molar-refractivity contribution in [2.45, 2.75) is 88.5 Å². The molecular formula is C17H29F9O3S2. The maximum absolute atomic E-state index is 14.0. The highest BCUT2D eigenvalue weighted by atomic mass is 32.3. The van der Waals surface area contributed by atoms with Gasteiger partial charge in [-0.25, -0.2) is 3.63 Å². The molecule has 0 radical (unpaired) electrons. The first-order valence-electron chi connectivity index (χ1n) is 9.72. The second kappa shape index (κ2) is 11.2. The van der Waals surface area contributed by atoms with Gasteiger partial charge in [0.15, 0.2) is 0 Å². The molecule has 0 aromatic heterocycles. The Bertz CT molecular complexity index is 638. The van der Waals surface area contributed by atoms with Gasteiger partial charge in [0, 0.05) is 11.5 Å². The van der Waals surface area contributed by atoms with Gasteiger partial charge in [-0.3, -0.25) is 0 Å². The van der Waals surface area contributed by atoms with Crippen molar-refractivity contribution >= 4 is 20.4 Å². The standard InChI is InChI=1S/C17H29F9O3S2/c1-4-6-8-10-12-30(3,13-11-9-7-5-2)29-31(27,28)17(25,26)15(20,21)14(18,19)16(22,23)24/h4-13H2,1-3H3. The van der Waals surface area contributed by atoms with E-state index in [1.807, 2.05) is 13.8 Å². The molecule has 0 aromatic carbocycles. The third kappa shape index (κ3) is 7.31. The summed E-state index contributed by atoms with van der Waals surface area (Å²) < 4.78 is 146. The molecule has 3 nitrogen and oxygen atoms in total. The summed E-state index contributed by atoms with van der Waals surface area (Å²) in [6.07, 6.45) is -1.31. The number of alkyl halides is 9. The fourth-order valence-corrected chi connectivity index (χ4v) is 7.51. The van der Waals surface area contributed by atoms with Crippen molar-refractivity contribution in [2.75, 3.05) is 17.8 Å². The summed E-state index contributed by atoms with van der Waals surface area (Å²) in [7, 11) is -9.84. The normalized spacial score (nSPS) is 15.4. The van der Waals surface area contributed by atoms with E-state index in [0.29, 0.717) is 38.5 Å². The van der Waals surface area contributed by atoms with Gasteiger partial charge in [-0.15, -0.1) is 10.3 Å². The van der Waals surface area contributed by atoms with E-state index < -0.39 is 43.7 Å². The Morgan fingerprint density at radius 2 is 1.03 bits per heavy atom. The number of unbranched alkanes of at least 4 members (excludes halogenated alkanes) is 6. The molecule has 0 rings (SSSR count). The average molecular weight is 517 g/mol. The molecule has 0 bridgehead atoms. The Labute approximate surface area is 178 Å². The lowest BCUT2D eigenvalue weighted by atomic mass is 10.1. The van der Waals surface area contributed by atoms with Crippen LogP contribution in [-0.2, 0) is 13.7 Å². The average Bonchev–Trinajstić information content (AvgIpc) is 2.60. The predicted octanol–water partition coefficient (Wildman–Crippen LogP) is 7.27. The fraction of sp³-hybridized carbons (Fsp3) is 1.00. The van der Waals surface area contributed by atoms with E-state index in [9.17, 15) is 47.9 Å². The summed E-state index contributed by atoms with van der Waals surface area (Å²) in [5, 5.41) is -6.81. The van der Waals surface area contributed by atoms with Crippen molar-refractivity contribution in [1.82, 2.24) is 0 Å². The molecule has 0 heterocycles. The molecule has 0 unspecified atom stereocenters. The van der Waals surface area contributed by atoms with Crippen LogP contribution in [0.4, 0.5) is 39.5 Å². The van der Waals surface area contributed by atoms with Gasteiger partial charge < -0.3 is 0 Å². The molecule has 0 aromatic rings. The number of rotatable bonds is 15. The van der Waals surface area contributed by atoms with Crippen molar-refractivity contribution in [2.24, 2.45) is 0 Å². The molecule has 31 heavy (non-hydrogen) atoms. The Kier molecular flexibility index (Phi) is 11.0. The second-order valence-electron chi connectivity index (χ2n) is 7.40. The minimum absolute atomic E-state index is 0.102. The van der Waals surface area contributed by atoms with Crippen LogP contribution in [0.5, 0.6) is 0 Å². The first kappa shape index (κ1) is 30.6. The van der Waals surface area contributed by atoms with E-state index in [2.05, 4.69) is 3.63 Å². The summed E-state index contributed by atoms with van der Waals surface area (Å²) in [5.41, 5.74) is 0. The van der Waals surface area contributed by atoms with Crippen LogP contribution in [0.1, 0.15) is 65.2 Å². The molecule has 0 atom stereocenters. The first-order valence-corrected chi connectivity index (χ1v) is 13.4. The van der Waals surface area contributed by atoms with E-state index in [1.165, 1.54) is 0 Å². The number of halogens is 9. The summed E-state index contributed by atoms with van der Waals surface area (Å²) in [6, 6.07) is 0. The van der Waals surface area contributed by atoms with E-state index >= 15 is 0 Å². The Morgan fingerprint density at radius 1 is 0.645 bits per heavy atom. The van der Waals surface area contributed by atoms with E-state index in [4.69, 9.17) is 0 Å². The van der Waals surface area contributed by atoms with Gasteiger partial charge in [-0.2, -0.15) is 47.9 Å². The van der Waals surface area contributed by atoms with E-state index in [1.54, 1.807) is 0 Å². The molecule has 0 aliphatic rings. The zero-order valence-corrected chi connectivity index (χ0v) is 19.1. The highest BCUT2D eigenvalue weighted by molar-refractivity contribution is 8.32. The Morgan fingerprint density at radius 3 is 1.35 bits per heavy atom. The van der Waals surface area contributed by atoms with Gasteiger partial charge in [0.25, 0.3) is 0 Å². The Hall–Kier alpha value is -0.370. The molecule has 0 spiro atoms. The summed E-state index contributed by atoms with van der Waals surface area (Å²) >= 11 is 0. The molecule has 0 amide bonds. The molecule has 14 heteroatoms. The molecule has 190 valence electrons. The van der Waals surface area contributed by atoms with Crippen molar-refractivity contribution in [3.63, 3.8) is 0 Å². The lowest BCUT2D eigenvalue weighted by molar-refractivity contribution is -0.382. The molecule has 0 aliphatic carbocycles. The van der Waals surface area contributed by atoms with Crippen LogP contribution in [-0.4, -0.2) is 49.5 Å². The highest BCUT2D eigenvalue weighted by Crippen LogP contribution is 2.58. The van der Waals surface area contributed by atoms with Crippen LogP contribution in [0.15, 0.2) is 0 Å². The van der Waals surface area contributed by atoms with Crippen molar-refractivity contribution < 1.29 is 51.6 Å². The lowest BCUT2D eigenvalue weighted by Crippen LogP contribution is -2.63. The van der Waals surface area contributed by atoms with Gasteiger partial charge in [-0.1, -0.05) is 52.4 Å². The topological polar surface area (TPSA) is 43.4 Å². The van der Waals surface area contributed by atoms with Crippen LogP contribution in [0.25, 0.3) is 0 Å². The Balaban J connectivity index is 5.86. The maximum Gasteiger partial charge on any atom is 0.460 e. The van der Waals surface area contributed by atoms with Crippen LogP contribution in [0, 0.1) is 0 Å². The van der Waals surface area contributed by atoms with Gasteiger partial charge >= 0.3 is 33.4 Å². The summed E-state index contributed by atoms with van der Waals surface area (Å²) in [4.78, 5) is 0. The molecule has 0 fully saturated rings. The molecule has 0 N–H and O–H groups in total. The minimum Gasteiger partial charge on any atom is -0.215 e. The van der Waals surface area contributed by atoms with Crippen LogP contribution in [0.3, 0.4) is 0 Å². The zero-order chi connectivity index (χ0) is 24.8. The maximum atomic E-state index is 14.0. The van der Waals surface area contributed by atoms with Crippen molar-refractivity contribution in [1.29, 1.82) is 0 Å². The van der Waals surface area contributed by atoms with Crippen LogP contribution < -0.4 is 0 Å². The van der Waals surface area contributed by atoms with Gasteiger partial charge in [0.05, 0.1) is 0 Å². The zero-order valence-electron chi connectivity index (χ0n) is 17.5. The molecule has 0 saturated carbocycles. The third-order valence-corrected chi connectivity index (χ3v) is 9.76. The van der Waals surface area contributed by atoms with Gasteiger partial charge in [-0.05, 0) is 19.1 Å². The van der Waals surface area contributed by atoms with Gasteiger partial charge in [0.2, 0.25) is 0 Å². The lowest BCUT2D eigenvalue weighted by Gasteiger charge is -2.38. The molecular weight excluding hydrogens is 487 g/mol. The molecule has 0 saturated heterocycles. The minimum atomic E-state index is -7.30. The molecule has 0 aliphatic heterocycles. The second-order valence-corrected chi connectivity index (χ2v) is 12.5. The van der Waals surface area contributed by atoms with Crippen LogP contribution in [0.2, 0.25) is 0 Å². The largest absolute Gasteiger partial charge is 0.460 e. The van der Waals surface area contributed by atoms with Crippen molar-refractivity contribution in [3.05, 3.63) is 0 Å². The van der Waals surface area contributed by atoms with E-state index in [0.717, 1.165) is 19.1 Å². The van der Waals surface area contributed by atoms with E-state index in [-0.39, 0.29) is 11.5 Å². The third-order valence-electron chi connectivity index (χ3n) is 4.54. The predicted molar refractivity (Wildman–Crippen MR) is 102 cm³/mol. The quantitative estimate of drug-likeness (QED) is 0.170. The number of hydrogen-bond acceptors (Lipinski definition) is 3. The van der Waals surface area contributed by atoms with Crippen molar-refractivity contribution in [3.8, 4) is 0 Å². The monoisotopic (exact) mass is 516 g/mol. The fourth-order valence-electron chi connectivity index (χ4n) is 2.62. The summed E-state index contributed by atoms with van der Waals surface area (Å²) in [5.74, 6) is -14.8. The number of hydrogen-bond donors (Lipinski definition) is 0. The summed E-state index contributed by atoms with van der Waals surface area (Å²) in [6.45, 7) is 3.72. The van der Waals surface area contributed by atoms with Gasteiger partial charge in [0.1, 0.15) is 0 Å². The highest BCUT2D eigenvalue weighted by Gasteiger charge is 2.86. The van der Waals surface area contributed by atoms with Crippen LogP contribution >= 0.6 is 10.3 Å². The SMILES string of the molecule is CCCCCCS(C)(CCCCCC)OS(=O)(=O)C(F)(F)C(F)(F)C(F)(F)C(F)(F)F. The smallest absolute Gasteiger partial charge is 0.215 e.